The molecule has 1 atom stereocenters. The van der Waals surface area contributed by atoms with Gasteiger partial charge in [-0.05, 0) is 44.4 Å². The fourth-order valence-corrected chi connectivity index (χ4v) is 1.80. The predicted molar refractivity (Wildman–Crippen MR) is 66.5 cm³/mol. The van der Waals surface area contributed by atoms with E-state index in [0.29, 0.717) is 0 Å². The molecule has 0 spiro atoms. The molecule has 1 unspecified atom stereocenters. The molecule has 0 amide bonds. The van der Waals surface area contributed by atoms with Crippen LogP contribution in [0.25, 0.3) is 10.9 Å². The summed E-state index contributed by atoms with van der Waals surface area (Å²) in [7, 11) is 0. The zero-order valence-electron chi connectivity index (χ0n) is 9.77. The Morgan fingerprint density at radius 2 is 2.00 bits per heavy atom. The number of nitrogens with zero attached hydrogens (tertiary/aromatic N) is 1. The van der Waals surface area contributed by atoms with E-state index >= 15 is 0 Å². The molecule has 0 aliphatic heterocycles. The van der Waals surface area contributed by atoms with E-state index in [0.717, 1.165) is 24.1 Å². The lowest BCUT2D eigenvalue weighted by Gasteiger charge is -2.05. The minimum Gasteiger partial charge on any atom is -0.393 e. The Morgan fingerprint density at radius 3 is 2.75 bits per heavy atom. The molecule has 0 radical (unpaired) electrons. The molecule has 1 aromatic heterocycles. The second-order valence-electron chi connectivity index (χ2n) is 4.37. The van der Waals surface area contributed by atoms with Crippen LogP contribution >= 0.6 is 0 Å². The molecule has 0 fully saturated rings. The number of rotatable bonds is 3. The van der Waals surface area contributed by atoms with Crippen LogP contribution in [0, 0.1) is 6.92 Å². The zero-order chi connectivity index (χ0) is 11.5. The summed E-state index contributed by atoms with van der Waals surface area (Å²) in [6, 6.07) is 10.4. The summed E-state index contributed by atoms with van der Waals surface area (Å²) in [6.07, 6.45) is 1.47. The van der Waals surface area contributed by atoms with Crippen LogP contribution in [0.15, 0.2) is 30.3 Å². The Labute approximate surface area is 96.0 Å². The Morgan fingerprint density at radius 1 is 1.25 bits per heavy atom. The van der Waals surface area contributed by atoms with Gasteiger partial charge in [-0.3, -0.25) is 4.98 Å². The SMILES string of the molecule is Cc1ccc2ccc(CCC(C)O)cc2n1. The summed E-state index contributed by atoms with van der Waals surface area (Å²) in [6.45, 7) is 3.82. The number of fused-ring (bicyclic) bond motifs is 1. The van der Waals surface area contributed by atoms with Crippen molar-refractivity contribution < 1.29 is 5.11 Å². The second-order valence-corrected chi connectivity index (χ2v) is 4.37. The van der Waals surface area contributed by atoms with Crippen LogP contribution in [0.2, 0.25) is 0 Å². The van der Waals surface area contributed by atoms with Gasteiger partial charge in [0.2, 0.25) is 0 Å². The number of pyridine rings is 1. The van der Waals surface area contributed by atoms with Crippen molar-refractivity contribution in [3.8, 4) is 0 Å². The van der Waals surface area contributed by atoms with Crippen molar-refractivity contribution in [2.45, 2.75) is 32.8 Å². The molecule has 16 heavy (non-hydrogen) atoms. The molecular weight excluding hydrogens is 198 g/mol. The van der Waals surface area contributed by atoms with Crippen LogP contribution in [0.5, 0.6) is 0 Å². The molecule has 2 nitrogen and oxygen atoms in total. The van der Waals surface area contributed by atoms with Crippen molar-refractivity contribution in [2.24, 2.45) is 0 Å². The van der Waals surface area contributed by atoms with Crippen molar-refractivity contribution in [3.05, 3.63) is 41.6 Å². The molecule has 0 saturated carbocycles. The highest BCUT2D eigenvalue weighted by atomic mass is 16.3. The van der Waals surface area contributed by atoms with Gasteiger partial charge in [0.05, 0.1) is 11.6 Å². The second kappa shape index (κ2) is 4.62. The van der Waals surface area contributed by atoms with E-state index in [9.17, 15) is 5.11 Å². The molecule has 2 aromatic rings. The van der Waals surface area contributed by atoms with E-state index in [-0.39, 0.29) is 6.10 Å². The van der Waals surface area contributed by atoms with Crippen molar-refractivity contribution >= 4 is 10.9 Å². The standard InChI is InChI=1S/C14H17NO/c1-10-3-7-13-8-6-12(5-4-11(2)16)9-14(13)15-10/h3,6-9,11,16H,4-5H2,1-2H3. The zero-order valence-corrected chi connectivity index (χ0v) is 9.77. The maximum atomic E-state index is 9.26. The maximum Gasteiger partial charge on any atom is 0.0707 e. The fourth-order valence-electron chi connectivity index (χ4n) is 1.80. The molecule has 0 saturated heterocycles. The minimum atomic E-state index is -0.235. The highest BCUT2D eigenvalue weighted by Crippen LogP contribution is 2.16. The maximum absolute atomic E-state index is 9.26. The van der Waals surface area contributed by atoms with Crippen molar-refractivity contribution in [2.75, 3.05) is 0 Å². The summed E-state index contributed by atoms with van der Waals surface area (Å²) >= 11 is 0. The first-order chi connectivity index (χ1) is 7.65. The third-order valence-electron chi connectivity index (χ3n) is 2.75. The Kier molecular flexibility index (Phi) is 3.20. The summed E-state index contributed by atoms with van der Waals surface area (Å²) in [5, 5.41) is 10.4. The highest BCUT2D eigenvalue weighted by molar-refractivity contribution is 5.79. The van der Waals surface area contributed by atoms with Gasteiger partial charge in [0, 0.05) is 11.1 Å². The third-order valence-corrected chi connectivity index (χ3v) is 2.75. The van der Waals surface area contributed by atoms with Gasteiger partial charge in [0.1, 0.15) is 0 Å². The molecule has 1 heterocycles. The summed E-state index contributed by atoms with van der Waals surface area (Å²) in [5.41, 5.74) is 3.33. The van der Waals surface area contributed by atoms with Crippen LogP contribution in [-0.4, -0.2) is 16.2 Å². The average Bonchev–Trinajstić information content (AvgIpc) is 2.25. The van der Waals surface area contributed by atoms with Crippen LogP contribution < -0.4 is 0 Å². The predicted octanol–water partition coefficient (Wildman–Crippen LogP) is 2.86. The Balaban J connectivity index is 2.28. The molecule has 0 aliphatic rings. The van der Waals surface area contributed by atoms with E-state index in [2.05, 4.69) is 29.2 Å². The van der Waals surface area contributed by atoms with Crippen LogP contribution in [0.3, 0.4) is 0 Å². The molecule has 0 aliphatic carbocycles. The molecule has 0 bridgehead atoms. The number of hydrogen-bond acceptors (Lipinski definition) is 2. The first-order valence-electron chi connectivity index (χ1n) is 5.69. The minimum absolute atomic E-state index is 0.235. The van der Waals surface area contributed by atoms with Gasteiger partial charge in [-0.15, -0.1) is 0 Å². The number of aromatic nitrogens is 1. The van der Waals surface area contributed by atoms with Crippen molar-refractivity contribution in [1.29, 1.82) is 0 Å². The van der Waals surface area contributed by atoms with E-state index in [1.165, 1.54) is 10.9 Å². The van der Waals surface area contributed by atoms with Crippen molar-refractivity contribution in [1.82, 2.24) is 4.98 Å². The molecule has 1 aromatic carbocycles. The molecule has 1 N–H and O–H groups in total. The first-order valence-corrected chi connectivity index (χ1v) is 5.69. The van der Waals surface area contributed by atoms with Gasteiger partial charge < -0.3 is 5.11 Å². The van der Waals surface area contributed by atoms with E-state index < -0.39 is 0 Å². The van der Waals surface area contributed by atoms with E-state index in [4.69, 9.17) is 0 Å². The van der Waals surface area contributed by atoms with Crippen LogP contribution in [0.1, 0.15) is 24.6 Å². The molecular formula is C14H17NO. The number of aliphatic hydroxyl groups is 1. The largest absolute Gasteiger partial charge is 0.393 e. The normalized spacial score (nSPS) is 12.9. The lowest BCUT2D eigenvalue weighted by Crippen LogP contribution is -2.01. The molecule has 2 heteroatoms. The van der Waals surface area contributed by atoms with Gasteiger partial charge in [-0.2, -0.15) is 0 Å². The summed E-state index contributed by atoms with van der Waals surface area (Å²) in [4.78, 5) is 4.50. The van der Waals surface area contributed by atoms with Crippen LogP contribution in [-0.2, 0) is 6.42 Å². The number of hydrogen-bond donors (Lipinski definition) is 1. The molecule has 2 rings (SSSR count). The van der Waals surface area contributed by atoms with Gasteiger partial charge in [0.15, 0.2) is 0 Å². The Hall–Kier alpha value is -1.41. The average molecular weight is 215 g/mol. The van der Waals surface area contributed by atoms with Crippen molar-refractivity contribution in [3.63, 3.8) is 0 Å². The van der Waals surface area contributed by atoms with Gasteiger partial charge >= 0.3 is 0 Å². The summed E-state index contributed by atoms with van der Waals surface area (Å²) < 4.78 is 0. The van der Waals surface area contributed by atoms with Gasteiger partial charge in [0.25, 0.3) is 0 Å². The van der Waals surface area contributed by atoms with E-state index in [1.54, 1.807) is 0 Å². The van der Waals surface area contributed by atoms with E-state index in [1.807, 2.05) is 19.9 Å². The highest BCUT2D eigenvalue weighted by Gasteiger charge is 2.00. The van der Waals surface area contributed by atoms with Crippen LogP contribution in [0.4, 0.5) is 0 Å². The first kappa shape index (κ1) is 11.1. The quantitative estimate of drug-likeness (QED) is 0.854. The van der Waals surface area contributed by atoms with Gasteiger partial charge in [-0.1, -0.05) is 18.2 Å². The number of aryl methyl sites for hydroxylation is 2. The number of benzene rings is 1. The molecule has 84 valence electrons. The smallest absolute Gasteiger partial charge is 0.0707 e. The number of aliphatic hydroxyl groups excluding tert-OH is 1. The topological polar surface area (TPSA) is 33.1 Å². The van der Waals surface area contributed by atoms with Gasteiger partial charge in [-0.25, -0.2) is 0 Å². The summed E-state index contributed by atoms with van der Waals surface area (Å²) in [5.74, 6) is 0. The monoisotopic (exact) mass is 215 g/mol. The Bertz CT molecular complexity index is 491. The lowest BCUT2D eigenvalue weighted by atomic mass is 10.1. The fraction of sp³-hybridized carbons (Fsp3) is 0.357. The lowest BCUT2D eigenvalue weighted by molar-refractivity contribution is 0.185. The third kappa shape index (κ3) is 2.58.